The minimum atomic E-state index is -1.000. The van der Waals surface area contributed by atoms with Crippen LogP contribution in [0.1, 0.15) is 55.7 Å². The van der Waals surface area contributed by atoms with Crippen molar-refractivity contribution in [2.75, 3.05) is 25.6 Å². The smallest absolute Gasteiger partial charge is 0.407 e. The van der Waals surface area contributed by atoms with E-state index in [2.05, 4.69) is 26.0 Å². The molecule has 13 heteroatoms. The summed E-state index contributed by atoms with van der Waals surface area (Å²) in [6.45, 7) is 3.84. The van der Waals surface area contributed by atoms with Crippen LogP contribution in [0.4, 0.5) is 15.3 Å². The van der Waals surface area contributed by atoms with E-state index < -0.39 is 48.0 Å². The maximum atomic E-state index is 13.6. The summed E-state index contributed by atoms with van der Waals surface area (Å²) < 4.78 is 10.3. The van der Waals surface area contributed by atoms with Gasteiger partial charge < -0.3 is 42.2 Å². The summed E-state index contributed by atoms with van der Waals surface area (Å²) in [5.41, 5.74) is 16.7. The zero-order chi connectivity index (χ0) is 36.2. The SMILES string of the molecule is COC(=O)[C@@H](N)CCc1ccc(NC(=O)[C@H](CCCNC(N)=O)NC(=O)[C@@H](NC(=O)OCC2c3ccccc3-c3ccccc32)C(C)C)cc1. The number of methoxy groups -OCH3 is 1. The number of esters is 1. The number of rotatable bonds is 16. The predicted molar refractivity (Wildman–Crippen MR) is 189 cm³/mol. The summed E-state index contributed by atoms with van der Waals surface area (Å²) in [4.78, 5) is 62.8. The Hall–Kier alpha value is -5.43. The van der Waals surface area contributed by atoms with Crippen molar-refractivity contribution in [3.63, 3.8) is 0 Å². The molecular formula is C37H46N6O7. The highest BCUT2D eigenvalue weighted by atomic mass is 16.5. The van der Waals surface area contributed by atoms with Crippen LogP contribution in [0.15, 0.2) is 72.8 Å². The highest BCUT2D eigenvalue weighted by molar-refractivity contribution is 5.98. The second-order valence-corrected chi connectivity index (χ2v) is 12.5. The van der Waals surface area contributed by atoms with Gasteiger partial charge in [-0.25, -0.2) is 9.59 Å². The van der Waals surface area contributed by atoms with Gasteiger partial charge in [-0.15, -0.1) is 0 Å². The van der Waals surface area contributed by atoms with Gasteiger partial charge in [0.25, 0.3) is 0 Å². The van der Waals surface area contributed by atoms with Crippen molar-refractivity contribution in [3.05, 3.63) is 89.5 Å². The Morgan fingerprint density at radius 1 is 0.820 bits per heavy atom. The van der Waals surface area contributed by atoms with Gasteiger partial charge in [0.2, 0.25) is 11.8 Å². The van der Waals surface area contributed by atoms with Gasteiger partial charge >= 0.3 is 18.1 Å². The fourth-order valence-electron chi connectivity index (χ4n) is 5.93. The highest BCUT2D eigenvalue weighted by Crippen LogP contribution is 2.44. The number of carbonyl (C=O) groups is 5. The Bertz CT molecular complexity index is 1620. The molecule has 13 nitrogen and oxygen atoms in total. The molecule has 1 aliphatic rings. The van der Waals surface area contributed by atoms with Crippen molar-refractivity contribution in [3.8, 4) is 11.1 Å². The maximum Gasteiger partial charge on any atom is 0.407 e. The number of ether oxygens (including phenoxy) is 2. The lowest BCUT2D eigenvalue weighted by Gasteiger charge is -2.25. The minimum absolute atomic E-state index is 0.0844. The van der Waals surface area contributed by atoms with E-state index in [0.717, 1.165) is 27.8 Å². The van der Waals surface area contributed by atoms with E-state index >= 15 is 0 Å². The number of nitrogens with one attached hydrogen (secondary N) is 4. The van der Waals surface area contributed by atoms with Crippen molar-refractivity contribution >= 4 is 35.6 Å². The number of anilines is 1. The molecule has 0 unspecified atom stereocenters. The zero-order valence-electron chi connectivity index (χ0n) is 28.6. The van der Waals surface area contributed by atoms with E-state index in [1.807, 2.05) is 48.5 Å². The number of nitrogens with two attached hydrogens (primary N) is 2. The fourth-order valence-corrected chi connectivity index (χ4v) is 5.93. The third kappa shape index (κ3) is 10.0. The normalized spacial score (nSPS) is 13.6. The van der Waals surface area contributed by atoms with Crippen LogP contribution < -0.4 is 32.7 Å². The van der Waals surface area contributed by atoms with Crippen LogP contribution in [0.5, 0.6) is 0 Å². The van der Waals surface area contributed by atoms with Gasteiger partial charge in [-0.3, -0.25) is 14.4 Å². The zero-order valence-corrected chi connectivity index (χ0v) is 28.6. The molecule has 3 atom stereocenters. The molecule has 0 heterocycles. The van der Waals surface area contributed by atoms with E-state index in [1.54, 1.807) is 38.1 Å². The van der Waals surface area contributed by atoms with Crippen molar-refractivity contribution < 1.29 is 33.4 Å². The van der Waals surface area contributed by atoms with E-state index in [-0.39, 0.29) is 31.4 Å². The first-order valence-corrected chi connectivity index (χ1v) is 16.7. The number of hydrogen-bond acceptors (Lipinski definition) is 8. The van der Waals surface area contributed by atoms with Crippen LogP contribution in [-0.2, 0) is 30.3 Å². The number of urea groups is 1. The number of alkyl carbamates (subject to hydrolysis) is 1. The van der Waals surface area contributed by atoms with Crippen LogP contribution in [0.3, 0.4) is 0 Å². The lowest BCUT2D eigenvalue weighted by atomic mass is 9.98. The Morgan fingerprint density at radius 2 is 1.44 bits per heavy atom. The Balaban J connectivity index is 1.37. The topological polar surface area (TPSA) is 204 Å². The summed E-state index contributed by atoms with van der Waals surface area (Å²) >= 11 is 0. The monoisotopic (exact) mass is 686 g/mol. The van der Waals surface area contributed by atoms with Crippen molar-refractivity contribution in [1.29, 1.82) is 0 Å². The Kier molecular flexibility index (Phi) is 13.3. The lowest BCUT2D eigenvalue weighted by Crippen LogP contribution is -2.54. The first kappa shape index (κ1) is 37.4. The molecule has 50 heavy (non-hydrogen) atoms. The number of fused-ring (bicyclic) bond motifs is 3. The number of aryl methyl sites for hydroxylation is 1. The van der Waals surface area contributed by atoms with E-state index in [9.17, 15) is 24.0 Å². The third-order valence-corrected chi connectivity index (χ3v) is 8.64. The van der Waals surface area contributed by atoms with Crippen LogP contribution in [0.25, 0.3) is 11.1 Å². The summed E-state index contributed by atoms with van der Waals surface area (Å²) in [6, 6.07) is 19.6. The molecule has 0 saturated heterocycles. The van der Waals surface area contributed by atoms with Crippen LogP contribution >= 0.6 is 0 Å². The molecule has 0 bridgehead atoms. The van der Waals surface area contributed by atoms with Gasteiger partial charge in [-0.2, -0.15) is 0 Å². The largest absolute Gasteiger partial charge is 0.468 e. The first-order valence-electron chi connectivity index (χ1n) is 16.7. The van der Waals surface area contributed by atoms with Gasteiger partial charge in [0.1, 0.15) is 24.7 Å². The molecule has 1 aliphatic carbocycles. The molecule has 8 N–H and O–H groups in total. The minimum Gasteiger partial charge on any atom is -0.468 e. The fraction of sp³-hybridized carbons (Fsp3) is 0.378. The highest BCUT2D eigenvalue weighted by Gasteiger charge is 2.32. The molecule has 0 spiro atoms. The number of benzene rings is 3. The second-order valence-electron chi connectivity index (χ2n) is 12.5. The lowest BCUT2D eigenvalue weighted by molar-refractivity contribution is -0.142. The molecule has 266 valence electrons. The molecule has 0 aliphatic heterocycles. The quantitative estimate of drug-likeness (QED) is 0.0969. The standard InChI is InChI=1S/C37H46N6O7/c1-22(2)32(43-37(48)50-21-29-27-11-6-4-9-25(27)26-10-5-7-12-28(26)29)34(45)42-31(13-8-20-40-36(39)47)33(44)41-24-17-14-23(15-18-24)16-19-30(38)35(46)49-3/h4-7,9-12,14-15,17-18,22,29-32H,8,13,16,19-21,38H2,1-3H3,(H,41,44)(H,42,45)(H,43,48)(H3,39,40,47)/t30-,31-,32-/m0/s1. The van der Waals surface area contributed by atoms with Crippen molar-refractivity contribution in [2.45, 2.75) is 63.6 Å². The van der Waals surface area contributed by atoms with Crippen LogP contribution in [0.2, 0.25) is 0 Å². The Labute approximate surface area is 291 Å². The molecule has 4 rings (SSSR count). The van der Waals surface area contributed by atoms with Crippen LogP contribution in [0, 0.1) is 5.92 Å². The summed E-state index contributed by atoms with van der Waals surface area (Å²) in [5.74, 6) is -2.01. The van der Waals surface area contributed by atoms with Gasteiger partial charge in [-0.1, -0.05) is 74.5 Å². The van der Waals surface area contributed by atoms with Gasteiger partial charge in [0, 0.05) is 18.2 Å². The van der Waals surface area contributed by atoms with Gasteiger partial charge in [0.15, 0.2) is 0 Å². The van der Waals surface area contributed by atoms with E-state index in [1.165, 1.54) is 7.11 Å². The summed E-state index contributed by atoms with van der Waals surface area (Å²) in [7, 11) is 1.29. The average molecular weight is 687 g/mol. The van der Waals surface area contributed by atoms with Crippen LogP contribution in [-0.4, -0.2) is 68.3 Å². The second kappa shape index (κ2) is 17.8. The van der Waals surface area contributed by atoms with E-state index in [4.69, 9.17) is 16.2 Å². The first-order chi connectivity index (χ1) is 24.0. The maximum absolute atomic E-state index is 13.6. The predicted octanol–water partition coefficient (Wildman–Crippen LogP) is 3.55. The van der Waals surface area contributed by atoms with Crippen molar-refractivity contribution in [1.82, 2.24) is 16.0 Å². The summed E-state index contributed by atoms with van der Waals surface area (Å²) in [5, 5.41) is 10.8. The number of hydrogen-bond donors (Lipinski definition) is 6. The molecule has 3 aromatic carbocycles. The third-order valence-electron chi connectivity index (χ3n) is 8.64. The van der Waals surface area contributed by atoms with Gasteiger partial charge in [0.05, 0.1) is 7.11 Å². The average Bonchev–Trinajstić information content (AvgIpc) is 3.43. The number of carbonyl (C=O) groups excluding carboxylic acids is 5. The number of amides is 5. The molecule has 0 radical (unpaired) electrons. The molecular weight excluding hydrogens is 640 g/mol. The molecule has 3 aromatic rings. The molecule has 0 saturated carbocycles. The molecule has 0 aromatic heterocycles. The molecule has 5 amide bonds. The van der Waals surface area contributed by atoms with Crippen molar-refractivity contribution in [2.24, 2.45) is 17.4 Å². The Morgan fingerprint density at radius 3 is 2.02 bits per heavy atom. The number of primary amides is 1. The van der Waals surface area contributed by atoms with Gasteiger partial charge in [-0.05, 0) is 71.6 Å². The summed E-state index contributed by atoms with van der Waals surface area (Å²) in [6.07, 6.45) is 0.695. The van der Waals surface area contributed by atoms with E-state index in [0.29, 0.717) is 24.9 Å². The molecule has 0 fully saturated rings.